The van der Waals surface area contributed by atoms with E-state index in [-0.39, 0.29) is 0 Å². The Morgan fingerprint density at radius 2 is 2.00 bits per heavy atom. The second kappa shape index (κ2) is 6.61. The molecule has 1 fully saturated rings. The van der Waals surface area contributed by atoms with E-state index in [1.807, 2.05) is 0 Å². The molecule has 96 valence electrons. The molecule has 0 amide bonds. The maximum absolute atomic E-state index is 5.80. The van der Waals surface area contributed by atoms with E-state index < -0.39 is 0 Å². The number of nitrogens with one attached hydrogen (secondary N) is 1. The minimum absolute atomic E-state index is 0.363. The van der Waals surface area contributed by atoms with Crippen LogP contribution in [0.15, 0.2) is 0 Å². The van der Waals surface area contributed by atoms with E-state index in [1.54, 1.807) is 0 Å². The van der Waals surface area contributed by atoms with Crippen molar-refractivity contribution in [3.8, 4) is 0 Å². The van der Waals surface area contributed by atoms with Gasteiger partial charge in [-0.2, -0.15) is 0 Å². The van der Waals surface area contributed by atoms with E-state index in [4.69, 9.17) is 4.74 Å². The molecular weight excluding hydrogens is 198 g/mol. The Morgan fingerprint density at radius 1 is 1.25 bits per heavy atom. The van der Waals surface area contributed by atoms with E-state index in [1.165, 1.54) is 38.6 Å². The van der Waals surface area contributed by atoms with Crippen molar-refractivity contribution in [1.29, 1.82) is 0 Å². The lowest BCUT2D eigenvalue weighted by Crippen LogP contribution is -2.62. The highest BCUT2D eigenvalue weighted by Crippen LogP contribution is 2.45. The van der Waals surface area contributed by atoms with Gasteiger partial charge in [-0.15, -0.1) is 0 Å². The van der Waals surface area contributed by atoms with Crippen molar-refractivity contribution in [3.63, 3.8) is 0 Å². The fourth-order valence-electron chi connectivity index (χ4n) is 2.72. The van der Waals surface area contributed by atoms with Crippen LogP contribution in [0, 0.1) is 5.41 Å². The number of hydrogen-bond acceptors (Lipinski definition) is 2. The summed E-state index contributed by atoms with van der Waals surface area (Å²) in [6, 6.07) is 0.672. The van der Waals surface area contributed by atoms with Crippen LogP contribution in [0.2, 0.25) is 0 Å². The molecule has 1 rings (SSSR count). The predicted molar refractivity (Wildman–Crippen MR) is 69.7 cm³/mol. The van der Waals surface area contributed by atoms with Crippen LogP contribution < -0.4 is 5.32 Å². The van der Waals surface area contributed by atoms with Crippen LogP contribution in [0.4, 0.5) is 0 Å². The molecule has 0 saturated heterocycles. The highest BCUT2D eigenvalue weighted by molar-refractivity contribution is 5.04. The van der Waals surface area contributed by atoms with E-state index in [2.05, 4.69) is 33.0 Å². The summed E-state index contributed by atoms with van der Waals surface area (Å²) in [5, 5.41) is 3.70. The second-order valence-electron chi connectivity index (χ2n) is 5.25. The molecule has 0 aromatic rings. The Bertz CT molecular complexity index is 195. The SMILES string of the molecule is CCCCCNC1CC(OCC)C1(C)CC. The first-order chi connectivity index (χ1) is 7.69. The molecule has 3 atom stereocenters. The normalized spacial score (nSPS) is 33.8. The average Bonchev–Trinajstić information content (AvgIpc) is 2.30. The fourth-order valence-corrected chi connectivity index (χ4v) is 2.72. The largest absolute Gasteiger partial charge is 0.378 e. The quantitative estimate of drug-likeness (QED) is 0.642. The zero-order valence-corrected chi connectivity index (χ0v) is 11.5. The first-order valence-electron chi connectivity index (χ1n) is 7.04. The Morgan fingerprint density at radius 3 is 2.56 bits per heavy atom. The number of unbranched alkanes of at least 4 members (excludes halogenated alkanes) is 2. The van der Waals surface area contributed by atoms with Gasteiger partial charge in [-0.3, -0.25) is 0 Å². The van der Waals surface area contributed by atoms with Crippen molar-refractivity contribution < 1.29 is 4.74 Å². The Labute approximate surface area is 101 Å². The maximum atomic E-state index is 5.80. The molecule has 0 heterocycles. The predicted octanol–water partition coefficient (Wildman–Crippen LogP) is 3.36. The van der Waals surface area contributed by atoms with Gasteiger partial charge in [0.25, 0.3) is 0 Å². The molecule has 3 unspecified atom stereocenters. The fraction of sp³-hybridized carbons (Fsp3) is 1.00. The summed E-state index contributed by atoms with van der Waals surface area (Å²) in [5.41, 5.74) is 0.363. The molecule has 1 aliphatic rings. The summed E-state index contributed by atoms with van der Waals surface area (Å²) >= 11 is 0. The van der Waals surface area contributed by atoms with Gasteiger partial charge in [0.2, 0.25) is 0 Å². The Balaban J connectivity index is 2.28. The number of hydrogen-bond donors (Lipinski definition) is 1. The molecule has 2 nitrogen and oxygen atoms in total. The molecule has 1 saturated carbocycles. The molecule has 0 bridgehead atoms. The molecule has 2 heteroatoms. The summed E-state index contributed by atoms with van der Waals surface area (Å²) in [5.74, 6) is 0. The van der Waals surface area contributed by atoms with Crippen LogP contribution in [0.3, 0.4) is 0 Å². The Kier molecular flexibility index (Phi) is 5.77. The van der Waals surface area contributed by atoms with Crippen molar-refractivity contribution in [2.75, 3.05) is 13.2 Å². The highest BCUT2D eigenvalue weighted by atomic mass is 16.5. The van der Waals surface area contributed by atoms with Gasteiger partial charge in [-0.25, -0.2) is 0 Å². The topological polar surface area (TPSA) is 21.3 Å². The molecule has 0 aromatic carbocycles. The standard InChI is InChI=1S/C14H29NO/c1-5-8-9-10-15-12-11-13(16-7-3)14(12,4)6-2/h12-13,15H,5-11H2,1-4H3. The summed E-state index contributed by atoms with van der Waals surface area (Å²) in [6.45, 7) is 11.0. The lowest BCUT2D eigenvalue weighted by molar-refractivity contribution is -0.125. The van der Waals surface area contributed by atoms with Gasteiger partial charge >= 0.3 is 0 Å². The Hall–Kier alpha value is -0.0800. The van der Waals surface area contributed by atoms with E-state index in [9.17, 15) is 0 Å². The molecule has 1 aliphatic carbocycles. The molecule has 16 heavy (non-hydrogen) atoms. The van der Waals surface area contributed by atoms with Crippen LogP contribution in [-0.2, 0) is 4.74 Å². The molecule has 0 spiro atoms. The highest BCUT2D eigenvalue weighted by Gasteiger charge is 2.50. The molecule has 0 radical (unpaired) electrons. The van der Waals surface area contributed by atoms with Gasteiger partial charge in [-0.05, 0) is 32.7 Å². The van der Waals surface area contributed by atoms with Gasteiger partial charge in [0, 0.05) is 18.1 Å². The summed E-state index contributed by atoms with van der Waals surface area (Å²) in [6.07, 6.45) is 6.85. The van der Waals surface area contributed by atoms with Crippen molar-refractivity contribution in [1.82, 2.24) is 5.32 Å². The van der Waals surface area contributed by atoms with Gasteiger partial charge in [0.1, 0.15) is 0 Å². The second-order valence-corrected chi connectivity index (χ2v) is 5.25. The minimum Gasteiger partial charge on any atom is -0.378 e. The van der Waals surface area contributed by atoms with Crippen molar-refractivity contribution in [3.05, 3.63) is 0 Å². The summed E-state index contributed by atoms with van der Waals surface area (Å²) in [7, 11) is 0. The number of rotatable bonds is 8. The lowest BCUT2D eigenvalue weighted by atomic mass is 9.61. The zero-order valence-electron chi connectivity index (χ0n) is 11.5. The van der Waals surface area contributed by atoms with Crippen LogP contribution in [0.25, 0.3) is 0 Å². The monoisotopic (exact) mass is 227 g/mol. The van der Waals surface area contributed by atoms with Crippen LogP contribution >= 0.6 is 0 Å². The van der Waals surface area contributed by atoms with E-state index in [0.717, 1.165) is 6.61 Å². The van der Waals surface area contributed by atoms with Crippen molar-refractivity contribution in [2.45, 2.75) is 71.9 Å². The molecule has 1 N–H and O–H groups in total. The van der Waals surface area contributed by atoms with Crippen molar-refractivity contribution in [2.24, 2.45) is 5.41 Å². The van der Waals surface area contributed by atoms with Gasteiger partial charge in [-0.1, -0.05) is 33.6 Å². The minimum atomic E-state index is 0.363. The van der Waals surface area contributed by atoms with E-state index in [0.29, 0.717) is 17.6 Å². The summed E-state index contributed by atoms with van der Waals surface area (Å²) < 4.78 is 5.80. The van der Waals surface area contributed by atoms with Crippen molar-refractivity contribution >= 4 is 0 Å². The zero-order chi connectivity index (χ0) is 12.0. The molecule has 0 aromatic heterocycles. The molecule has 0 aliphatic heterocycles. The third-order valence-corrected chi connectivity index (χ3v) is 4.28. The van der Waals surface area contributed by atoms with E-state index >= 15 is 0 Å². The third-order valence-electron chi connectivity index (χ3n) is 4.28. The van der Waals surface area contributed by atoms with Crippen LogP contribution in [-0.4, -0.2) is 25.3 Å². The van der Waals surface area contributed by atoms with Crippen LogP contribution in [0.1, 0.15) is 59.8 Å². The smallest absolute Gasteiger partial charge is 0.0658 e. The maximum Gasteiger partial charge on any atom is 0.0658 e. The first kappa shape index (κ1) is 14.0. The third kappa shape index (κ3) is 2.98. The van der Waals surface area contributed by atoms with Gasteiger partial charge in [0.15, 0.2) is 0 Å². The lowest BCUT2D eigenvalue weighted by Gasteiger charge is -2.53. The van der Waals surface area contributed by atoms with Gasteiger partial charge < -0.3 is 10.1 Å². The van der Waals surface area contributed by atoms with Crippen LogP contribution in [0.5, 0.6) is 0 Å². The average molecular weight is 227 g/mol. The first-order valence-corrected chi connectivity index (χ1v) is 7.04. The van der Waals surface area contributed by atoms with Gasteiger partial charge in [0.05, 0.1) is 6.10 Å². The number of ether oxygens (including phenoxy) is 1. The summed E-state index contributed by atoms with van der Waals surface area (Å²) in [4.78, 5) is 0. The molecular formula is C14H29NO.